The van der Waals surface area contributed by atoms with E-state index in [2.05, 4.69) is 44.1 Å². The van der Waals surface area contributed by atoms with E-state index in [-0.39, 0.29) is 5.91 Å². The van der Waals surface area contributed by atoms with Gasteiger partial charge in [0, 0.05) is 18.5 Å². The van der Waals surface area contributed by atoms with E-state index in [1.807, 2.05) is 19.2 Å². The van der Waals surface area contributed by atoms with Crippen LogP contribution in [0.5, 0.6) is 0 Å². The Balaban J connectivity index is 1.71. The molecule has 0 bridgehead atoms. The molecule has 2 aromatic rings. The molecule has 1 fully saturated rings. The predicted molar refractivity (Wildman–Crippen MR) is 105 cm³/mol. The highest BCUT2D eigenvalue weighted by atomic mass is 32.2. The lowest BCUT2D eigenvalue weighted by Gasteiger charge is -2.16. The minimum atomic E-state index is 0.00358. The number of carbonyl (C=O) groups is 1. The van der Waals surface area contributed by atoms with Gasteiger partial charge in [-0.25, -0.2) is 5.10 Å². The van der Waals surface area contributed by atoms with Crippen molar-refractivity contribution in [2.45, 2.75) is 24.7 Å². The van der Waals surface area contributed by atoms with E-state index < -0.39 is 0 Å². The van der Waals surface area contributed by atoms with Crippen LogP contribution in [0.4, 0.5) is 11.6 Å². The number of hydrogen-bond acceptors (Lipinski definition) is 7. The van der Waals surface area contributed by atoms with Crippen LogP contribution < -0.4 is 4.90 Å². The standard InChI is InChI=1S/C17H18N6OS2/c1-3-4-9-23-14(24)13(26-17(23)20-16-18-10-19-21-16)15-22(2)11-7-5-6-8-12(11)25-15/h5-8,10H,3-4,9H2,1-2H3,(H,18,19,21)/b15-13-,20-17?. The van der Waals surface area contributed by atoms with Gasteiger partial charge in [-0.2, -0.15) is 15.1 Å². The molecule has 7 nitrogen and oxygen atoms in total. The lowest BCUT2D eigenvalue weighted by molar-refractivity contribution is -0.122. The number of amidine groups is 1. The molecule has 2 aliphatic heterocycles. The zero-order valence-electron chi connectivity index (χ0n) is 14.5. The maximum atomic E-state index is 13.1. The average Bonchev–Trinajstić information content (AvgIpc) is 3.34. The van der Waals surface area contributed by atoms with E-state index in [1.54, 1.807) is 16.7 Å². The summed E-state index contributed by atoms with van der Waals surface area (Å²) in [5, 5.41) is 8.15. The number of hydrogen-bond donors (Lipinski definition) is 1. The summed E-state index contributed by atoms with van der Waals surface area (Å²) in [5.41, 5.74) is 1.12. The fourth-order valence-corrected chi connectivity index (χ4v) is 5.13. The number of unbranched alkanes of at least 4 members (excludes halogenated alkanes) is 1. The van der Waals surface area contributed by atoms with Crippen molar-refractivity contribution in [1.82, 2.24) is 20.1 Å². The largest absolute Gasteiger partial charge is 0.337 e. The number of aromatic nitrogens is 3. The van der Waals surface area contributed by atoms with Crippen LogP contribution in [-0.2, 0) is 4.79 Å². The Hall–Kier alpha value is -2.26. The van der Waals surface area contributed by atoms with Gasteiger partial charge in [0.2, 0.25) is 5.95 Å². The molecule has 1 aromatic carbocycles. The Morgan fingerprint density at radius 3 is 2.85 bits per heavy atom. The van der Waals surface area contributed by atoms with Crippen LogP contribution in [0.2, 0.25) is 0 Å². The maximum Gasteiger partial charge on any atom is 0.269 e. The first-order chi connectivity index (χ1) is 12.7. The summed E-state index contributed by atoms with van der Waals surface area (Å²) < 4.78 is 0. The number of aromatic amines is 1. The van der Waals surface area contributed by atoms with Crippen LogP contribution in [0.3, 0.4) is 0 Å². The van der Waals surface area contributed by atoms with E-state index >= 15 is 0 Å². The van der Waals surface area contributed by atoms with Gasteiger partial charge < -0.3 is 4.90 Å². The highest BCUT2D eigenvalue weighted by Gasteiger charge is 2.38. The van der Waals surface area contributed by atoms with Crippen molar-refractivity contribution in [1.29, 1.82) is 0 Å². The minimum absolute atomic E-state index is 0.00358. The third-order valence-electron chi connectivity index (χ3n) is 4.13. The third-order valence-corrected chi connectivity index (χ3v) is 6.57. The van der Waals surface area contributed by atoms with Gasteiger partial charge >= 0.3 is 0 Å². The lowest BCUT2D eigenvalue weighted by atomic mass is 10.3. The molecule has 1 N–H and O–H groups in total. The summed E-state index contributed by atoms with van der Waals surface area (Å²) in [6.07, 6.45) is 3.34. The Morgan fingerprint density at radius 1 is 1.27 bits per heavy atom. The van der Waals surface area contributed by atoms with Crippen LogP contribution >= 0.6 is 23.5 Å². The summed E-state index contributed by atoms with van der Waals surface area (Å²) in [6, 6.07) is 8.17. The lowest BCUT2D eigenvalue weighted by Crippen LogP contribution is -2.30. The Labute approximate surface area is 160 Å². The van der Waals surface area contributed by atoms with E-state index in [1.165, 1.54) is 18.1 Å². The number of thioether (sulfide) groups is 2. The number of rotatable bonds is 4. The molecule has 0 atom stereocenters. The fourth-order valence-electron chi connectivity index (χ4n) is 2.78. The number of nitrogens with one attached hydrogen (secondary N) is 1. The van der Waals surface area contributed by atoms with Crippen molar-refractivity contribution in [2.24, 2.45) is 4.99 Å². The molecule has 9 heteroatoms. The normalized spacial score (nSPS) is 21.2. The summed E-state index contributed by atoms with van der Waals surface area (Å²) in [4.78, 5) is 27.4. The first kappa shape index (κ1) is 17.2. The molecule has 4 rings (SSSR count). The topological polar surface area (TPSA) is 77.5 Å². The highest BCUT2D eigenvalue weighted by molar-refractivity contribution is 8.19. The van der Waals surface area contributed by atoms with Gasteiger partial charge in [-0.15, -0.1) is 0 Å². The quantitative estimate of drug-likeness (QED) is 0.810. The first-order valence-electron chi connectivity index (χ1n) is 8.37. The van der Waals surface area contributed by atoms with E-state index in [4.69, 9.17) is 0 Å². The van der Waals surface area contributed by atoms with Crippen molar-refractivity contribution in [3.8, 4) is 0 Å². The number of para-hydroxylation sites is 1. The zero-order valence-corrected chi connectivity index (χ0v) is 16.1. The smallest absolute Gasteiger partial charge is 0.269 e. The van der Waals surface area contributed by atoms with Crippen molar-refractivity contribution in [3.05, 3.63) is 40.5 Å². The number of H-pyrrole nitrogens is 1. The minimum Gasteiger partial charge on any atom is -0.337 e. The monoisotopic (exact) mass is 386 g/mol. The molecule has 0 saturated carbocycles. The molecule has 1 amide bonds. The van der Waals surface area contributed by atoms with Gasteiger partial charge in [-0.3, -0.25) is 9.69 Å². The summed E-state index contributed by atoms with van der Waals surface area (Å²) >= 11 is 3.03. The molecule has 26 heavy (non-hydrogen) atoms. The number of aliphatic imine (C=N–C) groups is 1. The number of nitrogens with zero attached hydrogens (tertiary/aromatic N) is 5. The van der Waals surface area contributed by atoms with Gasteiger partial charge in [0.25, 0.3) is 5.91 Å². The van der Waals surface area contributed by atoms with E-state index in [9.17, 15) is 4.79 Å². The second kappa shape index (κ2) is 7.16. The zero-order chi connectivity index (χ0) is 18.1. The third kappa shape index (κ3) is 3.01. The van der Waals surface area contributed by atoms with Crippen LogP contribution in [0, 0.1) is 0 Å². The molecule has 0 aliphatic carbocycles. The number of fused-ring (bicyclic) bond motifs is 1. The van der Waals surface area contributed by atoms with E-state index in [0.717, 1.165) is 28.5 Å². The van der Waals surface area contributed by atoms with Crippen LogP contribution in [0.1, 0.15) is 19.8 Å². The molecule has 1 saturated heterocycles. The molecule has 1 aromatic heterocycles. The molecule has 2 aliphatic rings. The summed E-state index contributed by atoms with van der Waals surface area (Å²) in [6.45, 7) is 2.75. The molecule has 0 radical (unpaired) electrons. The number of anilines is 1. The van der Waals surface area contributed by atoms with Crippen LogP contribution in [-0.4, -0.2) is 44.7 Å². The Kier molecular flexibility index (Phi) is 4.73. The van der Waals surface area contributed by atoms with Crippen LogP contribution in [0.25, 0.3) is 0 Å². The predicted octanol–water partition coefficient (Wildman–Crippen LogP) is 3.58. The Morgan fingerprint density at radius 2 is 2.12 bits per heavy atom. The van der Waals surface area contributed by atoms with E-state index in [0.29, 0.717) is 22.6 Å². The van der Waals surface area contributed by atoms with Gasteiger partial charge in [0.05, 0.1) is 10.7 Å². The van der Waals surface area contributed by atoms with Gasteiger partial charge in [-0.1, -0.05) is 37.2 Å². The molecular weight excluding hydrogens is 368 g/mol. The van der Waals surface area contributed by atoms with Gasteiger partial charge in [0.1, 0.15) is 11.2 Å². The summed E-state index contributed by atoms with van der Waals surface area (Å²) in [7, 11) is 2.00. The van der Waals surface area contributed by atoms with Gasteiger partial charge in [-0.05, 0) is 30.3 Å². The average molecular weight is 387 g/mol. The van der Waals surface area contributed by atoms with Crippen molar-refractivity contribution in [3.63, 3.8) is 0 Å². The molecule has 0 spiro atoms. The molecule has 0 unspecified atom stereocenters. The first-order valence-corrected chi connectivity index (χ1v) is 10.0. The fraction of sp³-hybridized carbons (Fsp3) is 0.294. The highest BCUT2D eigenvalue weighted by Crippen LogP contribution is 2.49. The number of carbonyl (C=O) groups excluding carboxylic acids is 1. The Bertz CT molecular complexity index is 892. The molecular formula is C17H18N6OS2. The molecule has 3 heterocycles. The second-order valence-electron chi connectivity index (χ2n) is 5.88. The van der Waals surface area contributed by atoms with Crippen LogP contribution in [0.15, 0.2) is 50.4 Å². The number of benzene rings is 1. The summed E-state index contributed by atoms with van der Waals surface area (Å²) in [5.74, 6) is 0.410. The van der Waals surface area contributed by atoms with Gasteiger partial charge in [0.15, 0.2) is 5.17 Å². The number of amides is 1. The molecule has 134 valence electrons. The van der Waals surface area contributed by atoms with Crippen molar-refractivity contribution >= 4 is 46.2 Å². The van der Waals surface area contributed by atoms with Crippen molar-refractivity contribution < 1.29 is 4.79 Å². The van der Waals surface area contributed by atoms with Crippen molar-refractivity contribution in [2.75, 3.05) is 18.5 Å². The maximum absolute atomic E-state index is 13.1. The second-order valence-corrected chi connectivity index (χ2v) is 7.89. The SMILES string of the molecule is CCCCN1C(=O)/C(=C2/Sc3ccccc3N2C)SC1=Nc1ncn[nH]1.